The number of H-pyrrole nitrogens is 1. The van der Waals surface area contributed by atoms with Crippen molar-refractivity contribution in [2.75, 3.05) is 5.32 Å². The van der Waals surface area contributed by atoms with Crippen LogP contribution in [0.3, 0.4) is 0 Å². The zero-order chi connectivity index (χ0) is 15.0. The van der Waals surface area contributed by atoms with Crippen molar-refractivity contribution in [3.63, 3.8) is 0 Å². The number of thiophene rings is 1. The van der Waals surface area contributed by atoms with E-state index in [1.165, 1.54) is 18.2 Å². The van der Waals surface area contributed by atoms with Gasteiger partial charge in [0.2, 0.25) is 0 Å². The Kier molecular flexibility index (Phi) is 3.15. The molecule has 8 heteroatoms. The van der Waals surface area contributed by atoms with E-state index in [4.69, 9.17) is 5.11 Å². The number of fused-ring (bicyclic) bond motifs is 1. The smallest absolute Gasteiger partial charge is 0.353 e. The first-order chi connectivity index (χ1) is 10.0. The Morgan fingerprint density at radius 3 is 2.81 bits per heavy atom. The van der Waals surface area contributed by atoms with Gasteiger partial charge in [0, 0.05) is 10.8 Å². The van der Waals surface area contributed by atoms with Gasteiger partial charge in [0.1, 0.15) is 11.5 Å². The summed E-state index contributed by atoms with van der Waals surface area (Å²) in [5, 5.41) is 18.0. The molecule has 1 aromatic carbocycles. The van der Waals surface area contributed by atoms with E-state index in [1.54, 1.807) is 12.1 Å². The number of carboxylic acid groups (broad SMARTS) is 1. The van der Waals surface area contributed by atoms with E-state index < -0.39 is 11.9 Å². The number of aromatic nitrogens is 2. The largest absolute Gasteiger partial charge is 0.477 e. The first kappa shape index (κ1) is 13.3. The van der Waals surface area contributed by atoms with Crippen LogP contribution < -0.4 is 5.32 Å². The molecule has 0 aliphatic heterocycles. The Bertz CT molecular complexity index is 855. The highest BCUT2D eigenvalue weighted by molar-refractivity contribution is 7.20. The molecule has 0 saturated carbocycles. The molecule has 0 saturated heterocycles. The lowest BCUT2D eigenvalue weighted by Gasteiger charge is -1.97. The van der Waals surface area contributed by atoms with E-state index >= 15 is 0 Å². The van der Waals surface area contributed by atoms with Crippen LogP contribution in [-0.2, 0) is 0 Å². The summed E-state index contributed by atoms with van der Waals surface area (Å²) in [4.78, 5) is 23.1. The summed E-state index contributed by atoms with van der Waals surface area (Å²) in [6, 6.07) is 7.12. The van der Waals surface area contributed by atoms with Crippen LogP contribution in [0, 0.1) is 5.82 Å². The Labute approximate surface area is 121 Å². The summed E-state index contributed by atoms with van der Waals surface area (Å²) in [5.41, 5.74) is -0.122. The summed E-state index contributed by atoms with van der Waals surface area (Å²) < 4.78 is 13.8. The van der Waals surface area contributed by atoms with Gasteiger partial charge in [-0.25, -0.2) is 9.18 Å². The summed E-state index contributed by atoms with van der Waals surface area (Å²) in [7, 11) is 0. The van der Waals surface area contributed by atoms with Crippen molar-refractivity contribution in [3.05, 3.63) is 46.7 Å². The third-order valence-electron chi connectivity index (χ3n) is 2.76. The zero-order valence-electron chi connectivity index (χ0n) is 10.4. The van der Waals surface area contributed by atoms with Crippen molar-refractivity contribution in [2.45, 2.75) is 0 Å². The number of nitrogens with one attached hydrogen (secondary N) is 2. The van der Waals surface area contributed by atoms with E-state index in [9.17, 15) is 14.0 Å². The monoisotopic (exact) mass is 305 g/mol. The van der Waals surface area contributed by atoms with E-state index in [-0.39, 0.29) is 17.3 Å². The molecule has 0 fully saturated rings. The Morgan fingerprint density at radius 1 is 1.29 bits per heavy atom. The van der Waals surface area contributed by atoms with Gasteiger partial charge >= 0.3 is 5.97 Å². The summed E-state index contributed by atoms with van der Waals surface area (Å²) in [6.07, 6.45) is 0. The van der Waals surface area contributed by atoms with Gasteiger partial charge in [0.15, 0.2) is 5.82 Å². The van der Waals surface area contributed by atoms with Gasteiger partial charge in [0.25, 0.3) is 5.91 Å². The standard InChI is InChI=1S/C13H8FN3O3S/c14-7-2-1-6-3-10(21-9(6)4-7)12(18)15-11-5-8(13(19)20)16-17-11/h1-5H,(H,19,20)(H2,15,16,17,18). The fourth-order valence-electron chi connectivity index (χ4n) is 1.79. The first-order valence-corrected chi connectivity index (χ1v) is 6.64. The second-order valence-electron chi connectivity index (χ2n) is 4.22. The minimum Gasteiger partial charge on any atom is -0.477 e. The molecular formula is C13H8FN3O3S. The molecule has 0 unspecified atom stereocenters. The maximum absolute atomic E-state index is 13.1. The molecule has 0 aliphatic carbocycles. The Balaban J connectivity index is 1.84. The van der Waals surface area contributed by atoms with Gasteiger partial charge in [-0.05, 0) is 23.6 Å². The number of carbonyl (C=O) groups is 2. The molecule has 0 atom stereocenters. The van der Waals surface area contributed by atoms with Crippen LogP contribution in [0.25, 0.3) is 10.1 Å². The Hall–Kier alpha value is -2.74. The fraction of sp³-hybridized carbons (Fsp3) is 0. The van der Waals surface area contributed by atoms with E-state index in [2.05, 4.69) is 15.5 Å². The predicted octanol–water partition coefficient (Wildman–Crippen LogP) is 2.71. The highest BCUT2D eigenvalue weighted by Gasteiger charge is 2.14. The number of carboxylic acids is 1. The van der Waals surface area contributed by atoms with Gasteiger partial charge in [-0.2, -0.15) is 5.10 Å². The van der Waals surface area contributed by atoms with Crippen LogP contribution in [0.4, 0.5) is 10.2 Å². The maximum Gasteiger partial charge on any atom is 0.353 e. The molecule has 0 spiro atoms. The van der Waals surface area contributed by atoms with Crippen LogP contribution in [0.1, 0.15) is 20.2 Å². The minimum atomic E-state index is -1.17. The summed E-state index contributed by atoms with van der Waals surface area (Å²) in [5.74, 6) is -1.85. The van der Waals surface area contributed by atoms with Gasteiger partial charge < -0.3 is 10.4 Å². The van der Waals surface area contributed by atoms with Crippen LogP contribution in [0.5, 0.6) is 0 Å². The molecule has 0 aliphatic rings. The SMILES string of the molecule is O=C(O)c1cc(NC(=O)c2cc3ccc(F)cc3s2)n[nH]1. The molecule has 0 radical (unpaired) electrons. The number of halogens is 1. The number of anilines is 1. The highest BCUT2D eigenvalue weighted by Crippen LogP contribution is 2.26. The molecule has 1 amide bonds. The third-order valence-corrected chi connectivity index (χ3v) is 3.85. The number of aromatic carboxylic acids is 1. The van der Waals surface area contributed by atoms with Crippen LogP contribution in [0.2, 0.25) is 0 Å². The number of carbonyl (C=O) groups excluding carboxylic acids is 1. The average Bonchev–Trinajstić information content (AvgIpc) is 3.04. The molecule has 3 aromatic rings. The van der Waals surface area contributed by atoms with Crippen molar-refractivity contribution in [2.24, 2.45) is 0 Å². The molecule has 0 bridgehead atoms. The number of benzene rings is 1. The lowest BCUT2D eigenvalue weighted by Crippen LogP contribution is -2.10. The molecular weight excluding hydrogens is 297 g/mol. The van der Waals surface area contributed by atoms with Crippen molar-refractivity contribution in [3.8, 4) is 0 Å². The molecule has 2 aromatic heterocycles. The van der Waals surface area contributed by atoms with Gasteiger partial charge in [0.05, 0.1) is 4.88 Å². The number of amides is 1. The normalized spacial score (nSPS) is 10.7. The minimum absolute atomic E-state index is 0.112. The average molecular weight is 305 g/mol. The van der Waals surface area contributed by atoms with Crippen LogP contribution in [-0.4, -0.2) is 27.2 Å². The summed E-state index contributed by atoms with van der Waals surface area (Å²) >= 11 is 1.15. The van der Waals surface area contributed by atoms with Crippen molar-refractivity contribution in [1.82, 2.24) is 10.2 Å². The number of rotatable bonds is 3. The maximum atomic E-state index is 13.1. The lowest BCUT2D eigenvalue weighted by atomic mass is 10.2. The number of hydrogen-bond acceptors (Lipinski definition) is 4. The second kappa shape index (κ2) is 4.98. The van der Waals surface area contributed by atoms with Gasteiger partial charge in [-0.1, -0.05) is 6.07 Å². The zero-order valence-corrected chi connectivity index (χ0v) is 11.2. The molecule has 3 rings (SSSR count). The number of hydrogen-bond donors (Lipinski definition) is 3. The molecule has 3 N–H and O–H groups in total. The predicted molar refractivity (Wildman–Crippen MR) is 75.3 cm³/mol. The van der Waals surface area contributed by atoms with E-state index in [0.717, 1.165) is 16.7 Å². The van der Waals surface area contributed by atoms with E-state index in [0.29, 0.717) is 9.58 Å². The molecule has 21 heavy (non-hydrogen) atoms. The molecule has 6 nitrogen and oxygen atoms in total. The second-order valence-corrected chi connectivity index (χ2v) is 5.30. The van der Waals surface area contributed by atoms with E-state index in [1.807, 2.05) is 0 Å². The first-order valence-electron chi connectivity index (χ1n) is 5.82. The Morgan fingerprint density at radius 2 is 2.10 bits per heavy atom. The third kappa shape index (κ3) is 2.61. The fourth-order valence-corrected chi connectivity index (χ4v) is 2.77. The van der Waals surface area contributed by atoms with Gasteiger partial charge in [-0.15, -0.1) is 11.3 Å². The number of nitrogens with zero attached hydrogens (tertiary/aromatic N) is 1. The van der Waals surface area contributed by atoms with Gasteiger partial charge in [-0.3, -0.25) is 9.89 Å². The topological polar surface area (TPSA) is 95.1 Å². The molecule has 2 heterocycles. The highest BCUT2D eigenvalue weighted by atomic mass is 32.1. The lowest BCUT2D eigenvalue weighted by molar-refractivity contribution is 0.0690. The van der Waals surface area contributed by atoms with Crippen molar-refractivity contribution >= 4 is 39.1 Å². The molecule has 106 valence electrons. The van der Waals surface area contributed by atoms with Crippen LogP contribution >= 0.6 is 11.3 Å². The number of aromatic amines is 1. The summed E-state index contributed by atoms with van der Waals surface area (Å²) in [6.45, 7) is 0. The van der Waals surface area contributed by atoms with Crippen molar-refractivity contribution < 1.29 is 19.1 Å². The quantitative estimate of drug-likeness (QED) is 0.693. The van der Waals surface area contributed by atoms with Crippen LogP contribution in [0.15, 0.2) is 30.3 Å². The van der Waals surface area contributed by atoms with Crippen molar-refractivity contribution in [1.29, 1.82) is 0 Å².